The molecule has 0 spiro atoms. The molecule has 1 aliphatic carbocycles. The summed E-state index contributed by atoms with van der Waals surface area (Å²) in [4.78, 5) is 17.6. The highest BCUT2D eigenvalue weighted by Crippen LogP contribution is 2.40. The highest BCUT2D eigenvalue weighted by atomic mass is 16.1. The van der Waals surface area contributed by atoms with Crippen molar-refractivity contribution in [2.75, 3.05) is 20.1 Å². The van der Waals surface area contributed by atoms with Gasteiger partial charge >= 0.3 is 0 Å². The number of likely N-dealkylation sites (N-methyl/N-ethyl adjacent to an activating group) is 1. The first-order chi connectivity index (χ1) is 11.3. The van der Waals surface area contributed by atoms with E-state index in [1.807, 2.05) is 24.7 Å². The summed E-state index contributed by atoms with van der Waals surface area (Å²) in [5.41, 5.74) is 3.22. The van der Waals surface area contributed by atoms with E-state index >= 15 is 0 Å². The molecule has 2 N–H and O–H groups in total. The standard InChI is InChI=1S/C18H27N5O/c1-11-15-13(17(24)20-9-8-19-5)10-14(12-6-7-12)21-16(15)23(22-11)18(2,3)4/h10,12,19H,6-9H2,1-5H3,(H,20,24). The second-order valence-corrected chi connectivity index (χ2v) is 7.60. The number of pyridine rings is 1. The maximum absolute atomic E-state index is 12.7. The van der Waals surface area contributed by atoms with Gasteiger partial charge < -0.3 is 10.6 Å². The van der Waals surface area contributed by atoms with Crippen LogP contribution in [0.3, 0.4) is 0 Å². The summed E-state index contributed by atoms with van der Waals surface area (Å²) in [6.07, 6.45) is 2.31. The van der Waals surface area contributed by atoms with Gasteiger partial charge in [0.25, 0.3) is 5.91 Å². The SMILES string of the molecule is CNCCNC(=O)c1cc(C2CC2)nc2c1c(C)nn2C(C)(C)C. The Kier molecular flexibility index (Phi) is 4.34. The number of hydrogen-bond acceptors (Lipinski definition) is 4. The van der Waals surface area contributed by atoms with E-state index in [0.29, 0.717) is 18.0 Å². The first kappa shape index (κ1) is 16.9. The molecule has 0 radical (unpaired) electrons. The highest BCUT2D eigenvalue weighted by Gasteiger charge is 2.30. The summed E-state index contributed by atoms with van der Waals surface area (Å²) < 4.78 is 1.95. The van der Waals surface area contributed by atoms with Gasteiger partial charge in [-0.05, 0) is 53.7 Å². The van der Waals surface area contributed by atoms with Crippen molar-refractivity contribution in [2.45, 2.75) is 52.0 Å². The summed E-state index contributed by atoms with van der Waals surface area (Å²) in [5.74, 6) is 0.443. The van der Waals surface area contributed by atoms with Gasteiger partial charge in [0.15, 0.2) is 5.65 Å². The molecule has 6 heteroatoms. The van der Waals surface area contributed by atoms with Crippen molar-refractivity contribution in [1.82, 2.24) is 25.4 Å². The summed E-state index contributed by atoms with van der Waals surface area (Å²) in [7, 11) is 1.87. The molecule has 2 aromatic heterocycles. The van der Waals surface area contributed by atoms with Crippen LogP contribution in [0, 0.1) is 6.92 Å². The molecular weight excluding hydrogens is 302 g/mol. The largest absolute Gasteiger partial charge is 0.351 e. The zero-order valence-corrected chi connectivity index (χ0v) is 15.2. The van der Waals surface area contributed by atoms with Gasteiger partial charge in [0.2, 0.25) is 0 Å². The van der Waals surface area contributed by atoms with Crippen LogP contribution in [0.1, 0.15) is 61.3 Å². The molecule has 0 aliphatic heterocycles. The molecule has 0 atom stereocenters. The molecule has 2 heterocycles. The van der Waals surface area contributed by atoms with Crippen molar-refractivity contribution in [3.05, 3.63) is 23.0 Å². The number of carbonyl (C=O) groups excluding carboxylic acids is 1. The van der Waals surface area contributed by atoms with Gasteiger partial charge in [-0.25, -0.2) is 9.67 Å². The molecule has 1 saturated carbocycles. The highest BCUT2D eigenvalue weighted by molar-refractivity contribution is 6.06. The molecule has 2 aromatic rings. The molecular formula is C18H27N5O. The van der Waals surface area contributed by atoms with Crippen molar-refractivity contribution in [3.8, 4) is 0 Å². The fourth-order valence-electron chi connectivity index (χ4n) is 2.94. The lowest BCUT2D eigenvalue weighted by atomic mass is 10.1. The van der Waals surface area contributed by atoms with Crippen LogP contribution in [0.4, 0.5) is 0 Å². The van der Waals surface area contributed by atoms with E-state index in [1.54, 1.807) is 0 Å². The molecule has 1 aliphatic rings. The van der Waals surface area contributed by atoms with E-state index in [9.17, 15) is 4.79 Å². The van der Waals surface area contributed by atoms with Crippen molar-refractivity contribution >= 4 is 16.9 Å². The molecule has 6 nitrogen and oxygen atoms in total. The maximum Gasteiger partial charge on any atom is 0.252 e. The maximum atomic E-state index is 12.7. The minimum Gasteiger partial charge on any atom is -0.351 e. The predicted molar refractivity (Wildman–Crippen MR) is 95.5 cm³/mol. The van der Waals surface area contributed by atoms with Crippen LogP contribution in [-0.2, 0) is 5.54 Å². The van der Waals surface area contributed by atoms with E-state index < -0.39 is 0 Å². The van der Waals surface area contributed by atoms with Gasteiger partial charge in [-0.15, -0.1) is 0 Å². The van der Waals surface area contributed by atoms with E-state index in [1.165, 1.54) is 0 Å². The lowest BCUT2D eigenvalue weighted by Gasteiger charge is -2.20. The molecule has 0 aromatic carbocycles. The van der Waals surface area contributed by atoms with E-state index in [4.69, 9.17) is 4.98 Å². The molecule has 130 valence electrons. The van der Waals surface area contributed by atoms with Crippen LogP contribution >= 0.6 is 0 Å². The van der Waals surface area contributed by atoms with Gasteiger partial charge in [-0.2, -0.15) is 5.10 Å². The molecule has 0 bridgehead atoms. The number of hydrogen-bond donors (Lipinski definition) is 2. The Balaban J connectivity index is 2.12. The average molecular weight is 329 g/mol. The van der Waals surface area contributed by atoms with Gasteiger partial charge in [0.05, 0.1) is 22.2 Å². The third kappa shape index (κ3) is 3.15. The van der Waals surface area contributed by atoms with Crippen molar-refractivity contribution < 1.29 is 4.79 Å². The number of nitrogens with one attached hydrogen (secondary N) is 2. The zero-order valence-electron chi connectivity index (χ0n) is 15.2. The van der Waals surface area contributed by atoms with Crippen molar-refractivity contribution in [3.63, 3.8) is 0 Å². The molecule has 24 heavy (non-hydrogen) atoms. The Hall–Kier alpha value is -1.95. The fraction of sp³-hybridized carbons (Fsp3) is 0.611. The topological polar surface area (TPSA) is 71.8 Å². The number of nitrogens with zero attached hydrogens (tertiary/aromatic N) is 3. The Labute approximate surface area is 143 Å². The number of fused-ring (bicyclic) bond motifs is 1. The van der Waals surface area contributed by atoms with E-state index in [2.05, 4.69) is 36.5 Å². The quantitative estimate of drug-likeness (QED) is 0.826. The predicted octanol–water partition coefficient (Wildman–Crippen LogP) is 2.32. The Morgan fingerprint density at radius 1 is 1.33 bits per heavy atom. The Morgan fingerprint density at radius 3 is 2.62 bits per heavy atom. The van der Waals surface area contributed by atoms with Crippen molar-refractivity contribution in [1.29, 1.82) is 0 Å². The molecule has 3 rings (SSSR count). The Morgan fingerprint density at radius 2 is 2.04 bits per heavy atom. The number of rotatable bonds is 5. The number of aryl methyl sites for hydroxylation is 1. The summed E-state index contributed by atoms with van der Waals surface area (Å²) in [5, 5.41) is 11.6. The summed E-state index contributed by atoms with van der Waals surface area (Å²) in [6.45, 7) is 9.62. The lowest BCUT2D eigenvalue weighted by Crippen LogP contribution is -2.30. The van der Waals surface area contributed by atoms with Crippen LogP contribution < -0.4 is 10.6 Å². The van der Waals surface area contributed by atoms with E-state index in [0.717, 1.165) is 41.8 Å². The summed E-state index contributed by atoms with van der Waals surface area (Å²) in [6, 6.07) is 1.97. The first-order valence-electron chi connectivity index (χ1n) is 8.66. The van der Waals surface area contributed by atoms with Gasteiger partial charge in [0.1, 0.15) is 0 Å². The zero-order chi connectivity index (χ0) is 17.5. The van der Waals surface area contributed by atoms with Gasteiger partial charge in [-0.3, -0.25) is 4.79 Å². The lowest BCUT2D eigenvalue weighted by molar-refractivity contribution is 0.0955. The molecule has 0 unspecified atom stereocenters. The smallest absolute Gasteiger partial charge is 0.252 e. The second-order valence-electron chi connectivity index (χ2n) is 7.60. The van der Waals surface area contributed by atoms with Gasteiger partial charge in [-0.1, -0.05) is 0 Å². The van der Waals surface area contributed by atoms with E-state index in [-0.39, 0.29) is 11.4 Å². The summed E-state index contributed by atoms with van der Waals surface area (Å²) >= 11 is 0. The van der Waals surface area contributed by atoms with Crippen LogP contribution in [0.15, 0.2) is 6.07 Å². The third-order valence-corrected chi connectivity index (χ3v) is 4.37. The Bertz CT molecular complexity index is 768. The fourth-order valence-corrected chi connectivity index (χ4v) is 2.94. The van der Waals surface area contributed by atoms with Crippen LogP contribution in [0.5, 0.6) is 0 Å². The first-order valence-corrected chi connectivity index (χ1v) is 8.66. The number of amides is 1. The minimum absolute atomic E-state index is 0.0453. The van der Waals surface area contributed by atoms with Crippen LogP contribution in [0.2, 0.25) is 0 Å². The normalized spacial score (nSPS) is 15.0. The molecule has 1 amide bonds. The van der Waals surface area contributed by atoms with Crippen LogP contribution in [-0.4, -0.2) is 40.8 Å². The monoisotopic (exact) mass is 329 g/mol. The van der Waals surface area contributed by atoms with Crippen LogP contribution in [0.25, 0.3) is 11.0 Å². The average Bonchev–Trinajstić information content (AvgIpc) is 3.30. The number of carbonyl (C=O) groups is 1. The van der Waals surface area contributed by atoms with Crippen molar-refractivity contribution in [2.24, 2.45) is 0 Å². The molecule has 0 saturated heterocycles. The minimum atomic E-state index is -0.179. The molecule has 1 fully saturated rings. The second kappa shape index (κ2) is 6.16. The van der Waals surface area contributed by atoms with Gasteiger partial charge in [0, 0.05) is 24.7 Å². The number of aromatic nitrogens is 3. The third-order valence-electron chi connectivity index (χ3n) is 4.37.